The smallest absolute Gasteiger partial charge is 0.305 e. The van der Waals surface area contributed by atoms with Crippen LogP contribution >= 0.6 is 0 Å². The largest absolute Gasteiger partial charge is 0.481 e. The first-order valence-corrected chi connectivity index (χ1v) is 6.05. The molecule has 1 heterocycles. The molecule has 2 rings (SSSR count). The minimum absolute atomic E-state index is 0.00293. The first kappa shape index (κ1) is 13.7. The quantitative estimate of drug-likeness (QED) is 0.804. The third-order valence-electron chi connectivity index (χ3n) is 2.69. The Morgan fingerprint density at radius 1 is 1.30 bits per heavy atom. The Morgan fingerprint density at radius 3 is 2.65 bits per heavy atom. The predicted molar refractivity (Wildman–Crippen MR) is 69.6 cm³/mol. The van der Waals surface area contributed by atoms with E-state index in [4.69, 9.17) is 5.11 Å². The number of hydrogen-bond acceptors (Lipinski definition) is 4. The van der Waals surface area contributed by atoms with E-state index in [9.17, 15) is 9.59 Å². The van der Waals surface area contributed by atoms with E-state index in [1.54, 1.807) is 30.5 Å². The maximum absolute atomic E-state index is 11.9. The number of aromatic nitrogens is 3. The fourth-order valence-corrected chi connectivity index (χ4v) is 1.82. The summed E-state index contributed by atoms with van der Waals surface area (Å²) in [4.78, 5) is 22.8. The Morgan fingerprint density at radius 2 is 2.05 bits per heavy atom. The van der Waals surface area contributed by atoms with Crippen molar-refractivity contribution in [1.82, 2.24) is 20.3 Å². The average molecular weight is 274 g/mol. The number of amides is 1. The molecule has 0 bridgehead atoms. The van der Waals surface area contributed by atoms with Crippen LogP contribution in [0.4, 0.5) is 0 Å². The standard InChI is InChI=1S/C13H14N4O3/c18-12(9-17-7-6-14-16-17)15-11(8-13(19)20)10-4-2-1-3-5-10/h1-7,11H,8-9H2,(H,15,18)(H,19,20). The van der Waals surface area contributed by atoms with E-state index in [0.717, 1.165) is 5.56 Å². The molecule has 7 heteroatoms. The molecule has 0 radical (unpaired) electrons. The van der Waals surface area contributed by atoms with Gasteiger partial charge >= 0.3 is 5.97 Å². The van der Waals surface area contributed by atoms with E-state index in [1.165, 1.54) is 10.9 Å². The summed E-state index contributed by atoms with van der Waals surface area (Å²) in [6, 6.07) is 8.43. The molecular weight excluding hydrogens is 260 g/mol. The summed E-state index contributed by atoms with van der Waals surface area (Å²) in [6.07, 6.45) is 2.86. The van der Waals surface area contributed by atoms with Crippen molar-refractivity contribution in [3.8, 4) is 0 Å². The lowest BCUT2D eigenvalue weighted by molar-refractivity contribution is -0.137. The monoisotopic (exact) mass is 274 g/mol. The molecule has 0 aliphatic carbocycles. The average Bonchev–Trinajstić information content (AvgIpc) is 2.91. The Kier molecular flexibility index (Phi) is 4.43. The number of carbonyl (C=O) groups excluding carboxylic acids is 1. The molecule has 1 unspecified atom stereocenters. The number of carboxylic acids is 1. The third-order valence-corrected chi connectivity index (χ3v) is 2.69. The van der Waals surface area contributed by atoms with Crippen LogP contribution < -0.4 is 5.32 Å². The van der Waals surface area contributed by atoms with E-state index in [0.29, 0.717) is 0 Å². The van der Waals surface area contributed by atoms with E-state index in [-0.39, 0.29) is 18.9 Å². The minimum Gasteiger partial charge on any atom is -0.481 e. The second-order valence-electron chi connectivity index (χ2n) is 4.23. The molecule has 20 heavy (non-hydrogen) atoms. The van der Waals surface area contributed by atoms with Crippen LogP contribution in [0.25, 0.3) is 0 Å². The van der Waals surface area contributed by atoms with Gasteiger partial charge in [0.25, 0.3) is 0 Å². The highest BCUT2D eigenvalue weighted by atomic mass is 16.4. The van der Waals surface area contributed by atoms with Gasteiger partial charge < -0.3 is 10.4 Å². The van der Waals surface area contributed by atoms with Gasteiger partial charge in [0.05, 0.1) is 18.7 Å². The van der Waals surface area contributed by atoms with Crippen molar-refractivity contribution in [1.29, 1.82) is 0 Å². The molecule has 0 saturated carbocycles. The molecule has 2 N–H and O–H groups in total. The molecule has 2 aromatic rings. The number of carbonyl (C=O) groups is 2. The zero-order valence-electron chi connectivity index (χ0n) is 10.6. The number of nitrogens with one attached hydrogen (secondary N) is 1. The van der Waals surface area contributed by atoms with E-state index in [2.05, 4.69) is 15.6 Å². The van der Waals surface area contributed by atoms with Crippen LogP contribution in [0, 0.1) is 0 Å². The van der Waals surface area contributed by atoms with Crippen molar-refractivity contribution in [2.75, 3.05) is 0 Å². The molecule has 0 aliphatic rings. The van der Waals surface area contributed by atoms with Crippen LogP contribution in [0.15, 0.2) is 42.7 Å². The number of nitrogens with zero attached hydrogens (tertiary/aromatic N) is 3. The zero-order valence-corrected chi connectivity index (χ0v) is 10.6. The van der Waals surface area contributed by atoms with E-state index < -0.39 is 12.0 Å². The highest BCUT2D eigenvalue weighted by molar-refractivity contribution is 5.77. The van der Waals surface area contributed by atoms with Crippen LogP contribution in [0.1, 0.15) is 18.0 Å². The second-order valence-corrected chi connectivity index (χ2v) is 4.23. The molecule has 0 spiro atoms. The molecule has 1 atom stereocenters. The number of hydrogen-bond donors (Lipinski definition) is 2. The van der Waals surface area contributed by atoms with Crippen LogP contribution in [-0.2, 0) is 16.1 Å². The van der Waals surface area contributed by atoms with Crippen molar-refractivity contribution in [2.24, 2.45) is 0 Å². The second kappa shape index (κ2) is 6.46. The first-order chi connectivity index (χ1) is 9.65. The van der Waals surface area contributed by atoms with Gasteiger partial charge in [-0.1, -0.05) is 35.5 Å². The zero-order chi connectivity index (χ0) is 14.4. The number of carboxylic acid groups (broad SMARTS) is 1. The fraction of sp³-hybridized carbons (Fsp3) is 0.231. The molecule has 1 aromatic heterocycles. The van der Waals surface area contributed by atoms with Gasteiger partial charge in [0, 0.05) is 6.20 Å². The van der Waals surface area contributed by atoms with Gasteiger partial charge in [-0.3, -0.25) is 9.59 Å². The van der Waals surface area contributed by atoms with Crippen molar-refractivity contribution in [3.05, 3.63) is 48.3 Å². The normalized spacial score (nSPS) is 11.8. The third kappa shape index (κ3) is 3.91. The summed E-state index contributed by atoms with van der Waals surface area (Å²) in [5, 5.41) is 18.9. The highest BCUT2D eigenvalue weighted by Gasteiger charge is 2.18. The molecule has 104 valence electrons. The maximum Gasteiger partial charge on any atom is 0.305 e. The van der Waals surface area contributed by atoms with Crippen LogP contribution in [0.2, 0.25) is 0 Å². The summed E-state index contributed by atoms with van der Waals surface area (Å²) < 4.78 is 1.37. The molecule has 0 fully saturated rings. The van der Waals surface area contributed by atoms with Gasteiger partial charge in [-0.15, -0.1) is 5.10 Å². The van der Waals surface area contributed by atoms with Crippen LogP contribution in [0.5, 0.6) is 0 Å². The van der Waals surface area contributed by atoms with Crippen molar-refractivity contribution in [3.63, 3.8) is 0 Å². The van der Waals surface area contributed by atoms with Gasteiger partial charge in [0.15, 0.2) is 0 Å². The van der Waals surface area contributed by atoms with E-state index in [1.807, 2.05) is 6.07 Å². The molecule has 0 saturated heterocycles. The van der Waals surface area contributed by atoms with Gasteiger partial charge in [0.2, 0.25) is 5.91 Å². The van der Waals surface area contributed by atoms with Crippen molar-refractivity contribution >= 4 is 11.9 Å². The molecule has 1 amide bonds. The topological polar surface area (TPSA) is 97.1 Å². The SMILES string of the molecule is O=C(O)CC(NC(=O)Cn1ccnn1)c1ccccc1. The Hall–Kier alpha value is -2.70. The van der Waals surface area contributed by atoms with E-state index >= 15 is 0 Å². The molecule has 7 nitrogen and oxygen atoms in total. The first-order valence-electron chi connectivity index (χ1n) is 6.05. The number of aliphatic carboxylic acids is 1. The van der Waals surface area contributed by atoms with Gasteiger partial charge in [-0.25, -0.2) is 4.68 Å². The summed E-state index contributed by atoms with van der Waals surface area (Å²) in [7, 11) is 0. The number of rotatable bonds is 6. The fourth-order valence-electron chi connectivity index (χ4n) is 1.82. The summed E-state index contributed by atoms with van der Waals surface area (Å²) in [5.74, 6) is -1.29. The Labute approximate surface area is 115 Å². The van der Waals surface area contributed by atoms with Gasteiger partial charge in [0.1, 0.15) is 6.54 Å². The van der Waals surface area contributed by atoms with Crippen LogP contribution in [-0.4, -0.2) is 32.0 Å². The molecule has 0 aliphatic heterocycles. The van der Waals surface area contributed by atoms with Crippen molar-refractivity contribution < 1.29 is 14.7 Å². The predicted octanol–water partition coefficient (Wildman–Crippen LogP) is 0.610. The lowest BCUT2D eigenvalue weighted by Gasteiger charge is -2.17. The minimum atomic E-state index is -0.972. The summed E-state index contributed by atoms with van der Waals surface area (Å²) in [5.41, 5.74) is 0.752. The van der Waals surface area contributed by atoms with Crippen molar-refractivity contribution in [2.45, 2.75) is 19.0 Å². The lowest BCUT2D eigenvalue weighted by Crippen LogP contribution is -2.33. The number of benzene rings is 1. The Balaban J connectivity index is 2.04. The maximum atomic E-state index is 11.9. The van der Waals surface area contributed by atoms with Gasteiger partial charge in [-0.2, -0.15) is 0 Å². The summed E-state index contributed by atoms with van der Waals surface area (Å²) >= 11 is 0. The van der Waals surface area contributed by atoms with Crippen LogP contribution in [0.3, 0.4) is 0 Å². The molecular formula is C13H14N4O3. The molecule has 1 aromatic carbocycles. The lowest BCUT2D eigenvalue weighted by atomic mass is 10.0. The Bertz CT molecular complexity index is 569. The highest BCUT2D eigenvalue weighted by Crippen LogP contribution is 2.16. The summed E-state index contributed by atoms with van der Waals surface area (Å²) in [6.45, 7) is 0.00293. The van der Waals surface area contributed by atoms with Gasteiger partial charge in [-0.05, 0) is 5.56 Å².